The van der Waals surface area contributed by atoms with Crippen molar-refractivity contribution in [3.8, 4) is 21.9 Å². The fourth-order valence-electron chi connectivity index (χ4n) is 1.96. The number of rotatable bonds is 8. The molecule has 0 radical (unpaired) electrons. The van der Waals surface area contributed by atoms with Crippen LogP contribution in [0.15, 0.2) is 30.3 Å². The highest BCUT2D eigenvalue weighted by atomic mass is 32.1. The number of ether oxygens (including phenoxy) is 2. The Balaban J connectivity index is 2.29. The highest BCUT2D eigenvalue weighted by molar-refractivity contribution is 7.19. The fourth-order valence-corrected chi connectivity index (χ4v) is 2.85. The Kier molecular flexibility index (Phi) is 5.93. The molecule has 4 heteroatoms. The molecule has 0 unspecified atom stereocenters. The molecule has 0 atom stereocenters. The SMILES string of the molecule is CCCOc1ccc(-c2ccc(NC)s2)c(OCCC)c1. The summed E-state index contributed by atoms with van der Waals surface area (Å²) in [6.45, 7) is 5.67. The standard InChI is InChI=1S/C17H23NO2S/c1-4-10-19-13-6-7-14(15(12-13)20-11-5-2)16-8-9-17(18-3)21-16/h6-9,12,18H,4-5,10-11H2,1-3H3. The van der Waals surface area contributed by atoms with E-state index in [1.165, 1.54) is 4.88 Å². The molecule has 0 saturated heterocycles. The van der Waals surface area contributed by atoms with Crippen molar-refractivity contribution in [2.24, 2.45) is 0 Å². The molecule has 1 N–H and O–H groups in total. The van der Waals surface area contributed by atoms with Gasteiger partial charge in [0, 0.05) is 23.6 Å². The summed E-state index contributed by atoms with van der Waals surface area (Å²) in [5.74, 6) is 1.77. The second-order valence-corrected chi connectivity index (χ2v) is 5.85. The summed E-state index contributed by atoms with van der Waals surface area (Å²) in [4.78, 5) is 1.20. The molecule has 0 aliphatic carbocycles. The summed E-state index contributed by atoms with van der Waals surface area (Å²) >= 11 is 1.73. The predicted molar refractivity (Wildman–Crippen MR) is 90.9 cm³/mol. The number of nitrogens with one attached hydrogen (secondary N) is 1. The first-order valence-electron chi connectivity index (χ1n) is 7.46. The van der Waals surface area contributed by atoms with Crippen LogP contribution in [0.2, 0.25) is 0 Å². The highest BCUT2D eigenvalue weighted by Gasteiger charge is 2.11. The van der Waals surface area contributed by atoms with Crippen molar-refractivity contribution in [1.82, 2.24) is 0 Å². The maximum absolute atomic E-state index is 5.91. The van der Waals surface area contributed by atoms with Crippen LogP contribution in [0.3, 0.4) is 0 Å². The molecule has 0 aliphatic heterocycles. The monoisotopic (exact) mass is 305 g/mol. The summed E-state index contributed by atoms with van der Waals surface area (Å²) < 4.78 is 11.6. The summed E-state index contributed by atoms with van der Waals surface area (Å²) in [6, 6.07) is 10.3. The Morgan fingerprint density at radius 2 is 1.76 bits per heavy atom. The Labute approximate surface area is 130 Å². The topological polar surface area (TPSA) is 30.5 Å². The first-order chi connectivity index (χ1) is 10.3. The average molecular weight is 305 g/mol. The van der Waals surface area contributed by atoms with Crippen LogP contribution >= 0.6 is 11.3 Å². The molecule has 2 rings (SSSR count). The number of hydrogen-bond donors (Lipinski definition) is 1. The van der Waals surface area contributed by atoms with E-state index in [0.717, 1.165) is 41.5 Å². The molecule has 0 spiro atoms. The van der Waals surface area contributed by atoms with Crippen molar-refractivity contribution in [3.63, 3.8) is 0 Å². The molecule has 0 saturated carbocycles. The minimum Gasteiger partial charge on any atom is -0.493 e. The Morgan fingerprint density at radius 1 is 1.00 bits per heavy atom. The van der Waals surface area contributed by atoms with Gasteiger partial charge in [-0.25, -0.2) is 0 Å². The van der Waals surface area contributed by atoms with Crippen LogP contribution in [-0.2, 0) is 0 Å². The van der Waals surface area contributed by atoms with Crippen LogP contribution < -0.4 is 14.8 Å². The van der Waals surface area contributed by atoms with Crippen LogP contribution in [0, 0.1) is 0 Å². The summed E-state index contributed by atoms with van der Waals surface area (Å²) in [7, 11) is 1.94. The van der Waals surface area contributed by atoms with Crippen LogP contribution in [0.25, 0.3) is 10.4 Å². The van der Waals surface area contributed by atoms with Gasteiger partial charge < -0.3 is 14.8 Å². The van der Waals surface area contributed by atoms with Crippen LogP contribution in [0.1, 0.15) is 26.7 Å². The molecule has 1 heterocycles. The summed E-state index contributed by atoms with van der Waals surface area (Å²) in [6.07, 6.45) is 2.00. The lowest BCUT2D eigenvalue weighted by molar-refractivity contribution is 0.302. The van der Waals surface area contributed by atoms with Crippen molar-refractivity contribution in [1.29, 1.82) is 0 Å². The highest BCUT2D eigenvalue weighted by Crippen LogP contribution is 2.38. The second kappa shape index (κ2) is 7.93. The van der Waals surface area contributed by atoms with Crippen LogP contribution in [0.4, 0.5) is 5.00 Å². The normalized spacial score (nSPS) is 10.4. The molecule has 0 amide bonds. The van der Waals surface area contributed by atoms with Crippen molar-refractivity contribution in [2.45, 2.75) is 26.7 Å². The molecule has 114 valence electrons. The summed E-state index contributed by atoms with van der Waals surface area (Å²) in [5.41, 5.74) is 1.12. The zero-order valence-corrected chi connectivity index (χ0v) is 13.8. The van der Waals surface area contributed by atoms with Gasteiger partial charge in [-0.3, -0.25) is 0 Å². The van der Waals surface area contributed by atoms with Gasteiger partial charge in [0.05, 0.1) is 18.2 Å². The van der Waals surface area contributed by atoms with Crippen molar-refractivity contribution >= 4 is 16.3 Å². The van der Waals surface area contributed by atoms with Gasteiger partial charge in [-0.15, -0.1) is 11.3 Å². The number of anilines is 1. The zero-order valence-electron chi connectivity index (χ0n) is 12.9. The molecule has 21 heavy (non-hydrogen) atoms. The largest absolute Gasteiger partial charge is 0.493 e. The van der Waals surface area contributed by atoms with Gasteiger partial charge in [0.15, 0.2) is 0 Å². The van der Waals surface area contributed by atoms with E-state index in [1.54, 1.807) is 11.3 Å². The minimum atomic E-state index is 0.717. The van der Waals surface area contributed by atoms with Gasteiger partial charge in [0.25, 0.3) is 0 Å². The molecule has 0 aliphatic rings. The molecule has 1 aromatic heterocycles. The minimum absolute atomic E-state index is 0.717. The van der Waals surface area contributed by atoms with Crippen molar-refractivity contribution in [2.75, 3.05) is 25.6 Å². The second-order valence-electron chi connectivity index (χ2n) is 4.77. The van der Waals surface area contributed by atoms with Gasteiger partial charge in [0.2, 0.25) is 0 Å². The first-order valence-corrected chi connectivity index (χ1v) is 8.27. The van der Waals surface area contributed by atoms with Gasteiger partial charge in [-0.05, 0) is 37.1 Å². The maximum Gasteiger partial charge on any atom is 0.131 e. The third-order valence-electron chi connectivity index (χ3n) is 3.01. The Morgan fingerprint density at radius 3 is 2.43 bits per heavy atom. The molecule has 0 fully saturated rings. The van der Waals surface area contributed by atoms with E-state index in [4.69, 9.17) is 9.47 Å². The third-order valence-corrected chi connectivity index (χ3v) is 4.14. The summed E-state index contributed by atoms with van der Waals surface area (Å²) in [5, 5.41) is 4.32. The fraction of sp³-hybridized carbons (Fsp3) is 0.412. The lowest BCUT2D eigenvalue weighted by atomic mass is 10.1. The van der Waals surface area contributed by atoms with Crippen molar-refractivity contribution < 1.29 is 9.47 Å². The maximum atomic E-state index is 5.91. The lowest BCUT2D eigenvalue weighted by Gasteiger charge is -2.12. The van der Waals surface area contributed by atoms with Crippen LogP contribution in [0.5, 0.6) is 11.5 Å². The van der Waals surface area contributed by atoms with E-state index in [9.17, 15) is 0 Å². The number of benzene rings is 1. The smallest absolute Gasteiger partial charge is 0.131 e. The molecule has 1 aromatic carbocycles. The molecule has 2 aromatic rings. The predicted octanol–water partition coefficient (Wildman–Crippen LogP) is 5.03. The van der Waals surface area contributed by atoms with E-state index in [2.05, 4.69) is 37.4 Å². The molecule has 0 bridgehead atoms. The zero-order chi connectivity index (χ0) is 15.1. The quantitative estimate of drug-likeness (QED) is 0.741. The Bertz CT molecular complexity index is 566. The van der Waals surface area contributed by atoms with E-state index in [0.29, 0.717) is 6.61 Å². The first kappa shape index (κ1) is 15.7. The van der Waals surface area contributed by atoms with E-state index in [1.807, 2.05) is 19.2 Å². The van der Waals surface area contributed by atoms with Crippen LogP contribution in [-0.4, -0.2) is 20.3 Å². The lowest BCUT2D eigenvalue weighted by Crippen LogP contribution is -1.99. The Hall–Kier alpha value is -1.68. The molecule has 3 nitrogen and oxygen atoms in total. The van der Waals surface area contributed by atoms with Gasteiger partial charge in [-0.2, -0.15) is 0 Å². The average Bonchev–Trinajstić information content (AvgIpc) is 2.99. The van der Waals surface area contributed by atoms with E-state index < -0.39 is 0 Å². The van der Waals surface area contributed by atoms with E-state index in [-0.39, 0.29) is 0 Å². The van der Waals surface area contributed by atoms with Gasteiger partial charge in [-0.1, -0.05) is 13.8 Å². The number of thiophene rings is 1. The number of hydrogen-bond acceptors (Lipinski definition) is 4. The van der Waals surface area contributed by atoms with Crippen molar-refractivity contribution in [3.05, 3.63) is 30.3 Å². The molecular formula is C17H23NO2S. The van der Waals surface area contributed by atoms with Gasteiger partial charge in [0.1, 0.15) is 11.5 Å². The third kappa shape index (κ3) is 4.14. The molecular weight excluding hydrogens is 282 g/mol. The van der Waals surface area contributed by atoms with E-state index >= 15 is 0 Å². The van der Waals surface area contributed by atoms with Gasteiger partial charge >= 0.3 is 0 Å².